The van der Waals surface area contributed by atoms with Gasteiger partial charge < -0.3 is 0 Å². The maximum absolute atomic E-state index is 14.7. The molecule has 1 saturated carbocycles. The van der Waals surface area contributed by atoms with E-state index in [1.54, 1.807) is 12.1 Å². The molecule has 6 rings (SSSR count). The molecule has 2 aliphatic carbocycles. The van der Waals surface area contributed by atoms with Crippen LogP contribution in [0.4, 0.5) is 8.78 Å². The lowest BCUT2D eigenvalue weighted by Crippen LogP contribution is -2.48. The topological polar surface area (TPSA) is 102 Å². The molecular weight excluding hydrogens is 522 g/mol. The van der Waals surface area contributed by atoms with Gasteiger partial charge in [0.25, 0.3) is 0 Å². The maximum atomic E-state index is 14.7. The number of fused-ring (bicyclic) bond motifs is 6. The number of hydrogen-bond acceptors (Lipinski definition) is 7. The summed E-state index contributed by atoms with van der Waals surface area (Å²) in [5, 5.41) is 13.1. The van der Waals surface area contributed by atoms with Crippen molar-refractivity contribution in [2.45, 2.75) is 44.0 Å². The number of halogens is 2. The SMILES string of the molecule is CC1(C)[C@H]2CC[C@]1(c1cccc(-c3ncnn3CS(C)(=O)=O)n1)C1C#CC2/C=C(c2c(F)cccc2F)\N=N/1. The van der Waals surface area contributed by atoms with E-state index in [1.165, 1.54) is 29.2 Å². The summed E-state index contributed by atoms with van der Waals surface area (Å²) < 4.78 is 54.7. The highest BCUT2D eigenvalue weighted by Gasteiger charge is 2.62. The molecule has 1 fully saturated rings. The highest BCUT2D eigenvalue weighted by atomic mass is 32.2. The van der Waals surface area contributed by atoms with Crippen LogP contribution in [0.2, 0.25) is 0 Å². The first-order valence-electron chi connectivity index (χ1n) is 12.6. The number of azo groups is 1. The average Bonchev–Trinajstić information content (AvgIpc) is 3.39. The molecule has 2 unspecified atom stereocenters. The number of hydrogen-bond donors (Lipinski definition) is 0. The van der Waals surface area contributed by atoms with Gasteiger partial charge in [0.15, 0.2) is 15.7 Å². The second kappa shape index (κ2) is 8.88. The number of pyridine rings is 1. The molecule has 3 aliphatic rings. The number of allylic oxidation sites excluding steroid dienone is 1. The molecule has 0 N–H and O–H groups in total. The van der Waals surface area contributed by atoms with E-state index in [4.69, 9.17) is 4.98 Å². The van der Waals surface area contributed by atoms with E-state index < -0.39 is 32.9 Å². The quantitative estimate of drug-likeness (QED) is 0.426. The molecule has 4 atom stereocenters. The standard InChI is InChI=1S/C28H26F2N6O2S/c1-27(2)18-12-13-28(27,23-9-5-8-21(33-23)26-31-15-32-36(26)16-39(3,37)38)24-11-10-17(18)14-22(34-35-24)25-19(29)6-4-7-20(25)30/h4-9,14-15,17-18,24H,12-13,16H2,1-3H3/b22-14-,35-34-/t17?,18-,24?,28-/m0/s1. The lowest BCUT2D eigenvalue weighted by Gasteiger charge is -2.45. The zero-order valence-electron chi connectivity index (χ0n) is 21.6. The van der Waals surface area contributed by atoms with E-state index >= 15 is 0 Å². The summed E-state index contributed by atoms with van der Waals surface area (Å²) in [6.07, 6.45) is 5.75. The summed E-state index contributed by atoms with van der Waals surface area (Å²) in [5.74, 6) is 5.05. The second-order valence-corrected chi connectivity index (χ2v) is 13.1. The molecular formula is C28H26F2N6O2S. The normalized spacial score (nSPS) is 28.9. The zero-order chi connectivity index (χ0) is 27.6. The Labute approximate surface area is 225 Å². The van der Waals surface area contributed by atoms with Gasteiger partial charge in [0, 0.05) is 12.2 Å². The fraction of sp³-hybridized carbons (Fsp3) is 0.393. The minimum absolute atomic E-state index is 0.0580. The molecule has 0 amide bonds. The largest absolute Gasteiger partial charge is 0.249 e. The van der Waals surface area contributed by atoms with Gasteiger partial charge in [-0.1, -0.05) is 37.8 Å². The van der Waals surface area contributed by atoms with Gasteiger partial charge in [0.1, 0.15) is 35.6 Å². The van der Waals surface area contributed by atoms with Crippen molar-refractivity contribution in [3.8, 4) is 23.4 Å². The number of nitrogens with zero attached hydrogens (tertiary/aromatic N) is 6. The molecule has 4 bridgehead atoms. The summed E-state index contributed by atoms with van der Waals surface area (Å²) >= 11 is 0. The summed E-state index contributed by atoms with van der Waals surface area (Å²) in [6.45, 7) is 4.33. The van der Waals surface area contributed by atoms with Gasteiger partial charge in [0.2, 0.25) is 0 Å². The van der Waals surface area contributed by atoms with Crippen LogP contribution < -0.4 is 0 Å². The van der Waals surface area contributed by atoms with Crippen molar-refractivity contribution in [2.24, 2.45) is 27.5 Å². The molecule has 3 aromatic rings. The Morgan fingerprint density at radius 1 is 1.10 bits per heavy atom. The predicted octanol–water partition coefficient (Wildman–Crippen LogP) is 4.80. The number of benzene rings is 1. The molecule has 3 heterocycles. The van der Waals surface area contributed by atoms with E-state index in [0.717, 1.165) is 24.8 Å². The fourth-order valence-electron chi connectivity index (χ4n) is 6.58. The second-order valence-electron chi connectivity index (χ2n) is 11.0. The average molecular weight is 549 g/mol. The van der Waals surface area contributed by atoms with Crippen LogP contribution in [0.1, 0.15) is 37.9 Å². The molecule has 0 radical (unpaired) electrons. The first-order valence-corrected chi connectivity index (χ1v) is 14.7. The Hall–Kier alpha value is -3.78. The van der Waals surface area contributed by atoms with Crippen LogP contribution in [-0.2, 0) is 21.1 Å². The third kappa shape index (κ3) is 4.00. The Kier molecular flexibility index (Phi) is 5.80. The first-order chi connectivity index (χ1) is 18.5. The van der Waals surface area contributed by atoms with Crippen LogP contribution in [-0.4, -0.2) is 40.5 Å². The molecule has 1 aliphatic heterocycles. The van der Waals surface area contributed by atoms with Crippen LogP contribution in [0.25, 0.3) is 17.2 Å². The number of sulfone groups is 1. The third-order valence-electron chi connectivity index (χ3n) is 8.46. The van der Waals surface area contributed by atoms with Crippen molar-refractivity contribution in [1.82, 2.24) is 19.7 Å². The van der Waals surface area contributed by atoms with Gasteiger partial charge in [-0.25, -0.2) is 31.8 Å². The number of aromatic nitrogens is 4. The Bertz CT molecular complexity index is 1700. The maximum Gasteiger partial charge on any atom is 0.177 e. The van der Waals surface area contributed by atoms with Crippen LogP contribution >= 0.6 is 0 Å². The molecule has 8 nitrogen and oxygen atoms in total. The third-order valence-corrected chi connectivity index (χ3v) is 9.17. The minimum atomic E-state index is -3.36. The lowest BCUT2D eigenvalue weighted by atomic mass is 9.58. The van der Waals surface area contributed by atoms with E-state index in [0.29, 0.717) is 11.5 Å². The van der Waals surface area contributed by atoms with Crippen molar-refractivity contribution in [2.75, 3.05) is 6.26 Å². The van der Waals surface area contributed by atoms with Gasteiger partial charge in [0.05, 0.1) is 22.4 Å². The van der Waals surface area contributed by atoms with E-state index in [1.807, 2.05) is 12.1 Å². The van der Waals surface area contributed by atoms with Gasteiger partial charge in [-0.15, -0.1) is 0 Å². The van der Waals surface area contributed by atoms with Crippen molar-refractivity contribution in [3.63, 3.8) is 0 Å². The van der Waals surface area contributed by atoms with Crippen LogP contribution in [0.5, 0.6) is 0 Å². The predicted molar refractivity (Wildman–Crippen MR) is 141 cm³/mol. The molecule has 0 saturated heterocycles. The first kappa shape index (κ1) is 25.5. The lowest BCUT2D eigenvalue weighted by molar-refractivity contribution is 0.122. The van der Waals surface area contributed by atoms with E-state index in [2.05, 4.69) is 46.0 Å². The smallest absolute Gasteiger partial charge is 0.177 e. The fourth-order valence-corrected chi connectivity index (χ4v) is 7.22. The molecule has 2 aromatic heterocycles. The Balaban J connectivity index is 1.49. The Morgan fingerprint density at radius 2 is 1.85 bits per heavy atom. The molecule has 1 aromatic carbocycles. The molecule has 39 heavy (non-hydrogen) atoms. The van der Waals surface area contributed by atoms with E-state index in [9.17, 15) is 17.2 Å². The van der Waals surface area contributed by atoms with Crippen LogP contribution in [0.3, 0.4) is 0 Å². The Morgan fingerprint density at radius 3 is 2.59 bits per heavy atom. The van der Waals surface area contributed by atoms with Gasteiger partial charge >= 0.3 is 0 Å². The zero-order valence-corrected chi connectivity index (χ0v) is 22.5. The van der Waals surface area contributed by atoms with Gasteiger partial charge in [-0.2, -0.15) is 15.3 Å². The summed E-state index contributed by atoms with van der Waals surface area (Å²) in [7, 11) is -3.36. The van der Waals surface area contributed by atoms with Crippen LogP contribution in [0, 0.1) is 40.7 Å². The van der Waals surface area contributed by atoms with Crippen LogP contribution in [0.15, 0.2) is 59.0 Å². The molecule has 0 spiro atoms. The van der Waals surface area contributed by atoms with Gasteiger partial charge in [-0.05, 0) is 54.5 Å². The minimum Gasteiger partial charge on any atom is -0.249 e. The molecule has 200 valence electrons. The van der Waals surface area contributed by atoms with E-state index in [-0.39, 0.29) is 34.4 Å². The van der Waals surface area contributed by atoms with Gasteiger partial charge in [-0.3, -0.25) is 0 Å². The highest BCUT2D eigenvalue weighted by Crippen LogP contribution is 2.63. The highest BCUT2D eigenvalue weighted by molar-refractivity contribution is 7.89. The summed E-state index contributed by atoms with van der Waals surface area (Å²) in [5.41, 5.74) is 0.114. The van der Waals surface area contributed by atoms with Crippen molar-refractivity contribution in [3.05, 3.63) is 71.7 Å². The molecule has 11 heteroatoms. The number of rotatable bonds is 5. The van der Waals surface area contributed by atoms with Crippen molar-refractivity contribution < 1.29 is 17.2 Å². The summed E-state index contributed by atoms with van der Waals surface area (Å²) in [4.78, 5) is 9.28. The summed E-state index contributed by atoms with van der Waals surface area (Å²) in [6, 6.07) is 8.68. The van der Waals surface area contributed by atoms with Crippen molar-refractivity contribution >= 4 is 15.5 Å². The monoisotopic (exact) mass is 548 g/mol. The van der Waals surface area contributed by atoms with Crippen molar-refractivity contribution in [1.29, 1.82) is 0 Å².